The van der Waals surface area contributed by atoms with E-state index in [9.17, 15) is 18.8 Å². The molecule has 1 amide bonds. The normalized spacial score (nSPS) is 12.5. The quantitative estimate of drug-likeness (QED) is 0.416. The van der Waals surface area contributed by atoms with Gasteiger partial charge in [-0.15, -0.1) is 0 Å². The molecule has 1 aliphatic heterocycles. The molecule has 0 spiro atoms. The molecule has 0 saturated carbocycles. The van der Waals surface area contributed by atoms with Crippen molar-refractivity contribution in [1.29, 1.82) is 0 Å². The largest absolute Gasteiger partial charge is 0.476 e. The van der Waals surface area contributed by atoms with Crippen LogP contribution in [-0.2, 0) is 18.3 Å². The smallest absolute Gasteiger partial charge is 0.282 e. The topological polar surface area (TPSA) is 104 Å². The van der Waals surface area contributed by atoms with Crippen molar-refractivity contribution in [2.45, 2.75) is 13.3 Å². The Labute approximate surface area is 204 Å². The molecule has 1 aliphatic rings. The molecule has 4 aromatic rings. The third-order valence-corrected chi connectivity index (χ3v) is 5.89. The Morgan fingerprint density at radius 2 is 1.92 bits per heavy atom. The molecule has 3 heterocycles. The second-order valence-electron chi connectivity index (χ2n) is 8.23. The molecule has 0 aliphatic carbocycles. The highest BCUT2D eigenvalue weighted by atomic mass is 19.1. The van der Waals surface area contributed by atoms with Crippen LogP contribution >= 0.6 is 0 Å². The van der Waals surface area contributed by atoms with Crippen molar-refractivity contribution < 1.29 is 23.5 Å². The van der Waals surface area contributed by atoms with Gasteiger partial charge in [-0.05, 0) is 36.8 Å². The number of pyridine rings is 1. The fourth-order valence-corrected chi connectivity index (χ4v) is 4.06. The molecule has 2 aromatic heterocycles. The third-order valence-electron chi connectivity index (χ3n) is 5.89. The molecule has 0 atom stereocenters. The summed E-state index contributed by atoms with van der Waals surface area (Å²) in [6, 6.07) is 14.6. The number of aromatic nitrogens is 3. The van der Waals surface area contributed by atoms with E-state index in [2.05, 4.69) is 10.3 Å². The van der Waals surface area contributed by atoms with Gasteiger partial charge in [-0.3, -0.25) is 19.1 Å². The Kier molecular flexibility index (Phi) is 5.85. The number of para-hydroxylation sites is 1. The first-order valence-corrected chi connectivity index (χ1v) is 11.1. The lowest BCUT2D eigenvalue weighted by Crippen LogP contribution is -2.26. The molecule has 0 radical (unpaired) electrons. The first-order chi connectivity index (χ1) is 17.3. The van der Waals surface area contributed by atoms with E-state index in [1.54, 1.807) is 36.9 Å². The molecular weight excluding hydrogens is 467 g/mol. The van der Waals surface area contributed by atoms with Crippen LogP contribution in [0.4, 0.5) is 10.2 Å². The lowest BCUT2D eigenvalue weighted by Gasteiger charge is -2.19. The molecule has 2 aromatic carbocycles. The first-order valence-electron chi connectivity index (χ1n) is 11.1. The Bertz CT molecular complexity index is 1560. The number of fused-ring (bicyclic) bond motifs is 1. The number of carbonyl (C=O) groups excluding carboxylic acids is 2. The monoisotopic (exact) mass is 488 g/mol. The van der Waals surface area contributed by atoms with Crippen molar-refractivity contribution in [2.75, 3.05) is 11.9 Å². The number of amides is 1. The average Bonchev–Trinajstić information content (AvgIpc) is 3.09. The molecule has 9 nitrogen and oxygen atoms in total. The second-order valence-corrected chi connectivity index (χ2v) is 8.23. The van der Waals surface area contributed by atoms with E-state index >= 15 is 0 Å². The maximum Gasteiger partial charge on any atom is 0.282 e. The zero-order chi connectivity index (χ0) is 25.4. The van der Waals surface area contributed by atoms with Crippen molar-refractivity contribution >= 4 is 17.5 Å². The van der Waals surface area contributed by atoms with Gasteiger partial charge in [0.05, 0.1) is 5.69 Å². The minimum atomic E-state index is -0.697. The van der Waals surface area contributed by atoms with Gasteiger partial charge in [0.1, 0.15) is 5.56 Å². The molecule has 0 saturated heterocycles. The summed E-state index contributed by atoms with van der Waals surface area (Å²) in [5.41, 5.74) is 1.18. The van der Waals surface area contributed by atoms with E-state index in [4.69, 9.17) is 9.47 Å². The van der Waals surface area contributed by atoms with Crippen LogP contribution in [0.1, 0.15) is 21.6 Å². The third kappa shape index (κ3) is 4.13. The van der Waals surface area contributed by atoms with E-state index in [-0.39, 0.29) is 47.6 Å². The maximum atomic E-state index is 14.9. The van der Waals surface area contributed by atoms with Gasteiger partial charge in [0, 0.05) is 31.4 Å². The summed E-state index contributed by atoms with van der Waals surface area (Å²) in [4.78, 5) is 41.7. The van der Waals surface area contributed by atoms with Gasteiger partial charge in [-0.1, -0.05) is 24.3 Å². The van der Waals surface area contributed by atoms with Crippen LogP contribution in [0.5, 0.6) is 17.2 Å². The average molecular weight is 488 g/mol. The van der Waals surface area contributed by atoms with Gasteiger partial charge in [-0.25, -0.2) is 14.1 Å². The van der Waals surface area contributed by atoms with Gasteiger partial charge in [0.25, 0.3) is 11.5 Å². The number of carbonyl (C=O) groups is 2. The highest BCUT2D eigenvalue weighted by Crippen LogP contribution is 2.38. The summed E-state index contributed by atoms with van der Waals surface area (Å²) in [7, 11) is 1.71. The Hall–Kier alpha value is -4.73. The number of Topliss-reactive ketones (excluding diaryl/α,β-unsaturated/α-hetero) is 1. The predicted molar refractivity (Wildman–Crippen MR) is 129 cm³/mol. The summed E-state index contributed by atoms with van der Waals surface area (Å²) in [6.45, 7) is 1.49. The van der Waals surface area contributed by atoms with Crippen LogP contribution in [0.2, 0.25) is 0 Å². The molecule has 182 valence electrons. The van der Waals surface area contributed by atoms with Crippen molar-refractivity contribution in [3.8, 4) is 22.9 Å². The van der Waals surface area contributed by atoms with Crippen LogP contribution in [0.25, 0.3) is 5.69 Å². The van der Waals surface area contributed by atoms with Gasteiger partial charge in [-0.2, -0.15) is 0 Å². The molecule has 0 unspecified atom stereocenters. The number of anilines is 1. The minimum Gasteiger partial charge on any atom is -0.476 e. The number of rotatable bonds is 6. The number of nitrogens with zero attached hydrogens (tertiary/aromatic N) is 3. The van der Waals surface area contributed by atoms with E-state index in [1.165, 1.54) is 29.1 Å². The fraction of sp³-hybridized carbons (Fsp3) is 0.154. The Morgan fingerprint density at radius 1 is 1.14 bits per heavy atom. The lowest BCUT2D eigenvalue weighted by atomic mass is 10.0. The number of halogens is 1. The Morgan fingerprint density at radius 3 is 2.67 bits per heavy atom. The molecular formula is C26H21FN4O5. The summed E-state index contributed by atoms with van der Waals surface area (Å²) in [5.74, 6) is -0.987. The highest BCUT2D eigenvalue weighted by molar-refractivity contribution is 5.98. The molecule has 36 heavy (non-hydrogen) atoms. The molecule has 10 heteroatoms. The van der Waals surface area contributed by atoms with Crippen molar-refractivity contribution in [2.24, 2.45) is 7.05 Å². The highest BCUT2D eigenvalue weighted by Gasteiger charge is 2.24. The van der Waals surface area contributed by atoms with Gasteiger partial charge in [0.2, 0.25) is 5.75 Å². The molecule has 0 bridgehead atoms. The van der Waals surface area contributed by atoms with E-state index in [1.807, 2.05) is 18.2 Å². The van der Waals surface area contributed by atoms with E-state index in [0.717, 1.165) is 0 Å². The standard InChI is InChI=1S/C26H21FN4O5/c1-15-23(26(34)31(30(15)2)17-6-4-3-5-7-17)19(32)13-16-8-9-20(18(27)12-16)36-21-10-11-28-25-24(21)35-14-22(33)29-25/h3-12H,13-14H2,1-2H3,(H,28,29,33). The molecule has 5 rings (SSSR count). The number of benzene rings is 2. The Balaban J connectivity index is 1.38. The van der Waals surface area contributed by atoms with Crippen LogP contribution < -0.4 is 20.3 Å². The number of ketones is 1. The van der Waals surface area contributed by atoms with Gasteiger partial charge in [0.15, 0.2) is 35.5 Å². The SMILES string of the molecule is Cc1c(C(=O)Cc2ccc(Oc3ccnc4c3OCC(=O)N4)c(F)c2)c(=O)n(-c2ccccc2)n1C. The van der Waals surface area contributed by atoms with E-state index in [0.29, 0.717) is 16.9 Å². The number of hydrogen-bond acceptors (Lipinski definition) is 6. The zero-order valence-corrected chi connectivity index (χ0v) is 19.4. The predicted octanol–water partition coefficient (Wildman–Crippen LogP) is 3.57. The van der Waals surface area contributed by atoms with Crippen LogP contribution in [0, 0.1) is 12.7 Å². The summed E-state index contributed by atoms with van der Waals surface area (Å²) < 4.78 is 29.0. The molecule has 0 fully saturated rings. The van der Waals surface area contributed by atoms with Crippen molar-refractivity contribution in [3.05, 3.63) is 93.8 Å². The maximum absolute atomic E-state index is 14.9. The second kappa shape index (κ2) is 9.14. The van der Waals surface area contributed by atoms with Gasteiger partial charge < -0.3 is 14.8 Å². The zero-order valence-electron chi connectivity index (χ0n) is 19.4. The van der Waals surface area contributed by atoms with Crippen LogP contribution in [0.15, 0.2) is 65.6 Å². The summed E-state index contributed by atoms with van der Waals surface area (Å²) in [6.07, 6.45) is 1.24. The van der Waals surface area contributed by atoms with Gasteiger partial charge >= 0.3 is 0 Å². The molecule has 1 N–H and O–H groups in total. The fourth-order valence-electron chi connectivity index (χ4n) is 4.06. The number of ether oxygens (including phenoxy) is 2. The number of hydrogen-bond donors (Lipinski definition) is 1. The van der Waals surface area contributed by atoms with Crippen LogP contribution in [0.3, 0.4) is 0 Å². The lowest BCUT2D eigenvalue weighted by molar-refractivity contribution is -0.118. The summed E-state index contributed by atoms with van der Waals surface area (Å²) in [5, 5.41) is 2.56. The first kappa shape index (κ1) is 23.0. The van der Waals surface area contributed by atoms with E-state index < -0.39 is 17.2 Å². The minimum absolute atomic E-state index is 0.0599. The summed E-state index contributed by atoms with van der Waals surface area (Å²) >= 11 is 0. The van der Waals surface area contributed by atoms with Crippen molar-refractivity contribution in [1.82, 2.24) is 14.3 Å². The van der Waals surface area contributed by atoms with Crippen molar-refractivity contribution in [3.63, 3.8) is 0 Å². The number of nitrogens with one attached hydrogen (secondary N) is 1. The van der Waals surface area contributed by atoms with Crippen LogP contribution in [-0.4, -0.2) is 32.6 Å².